The van der Waals surface area contributed by atoms with E-state index >= 15 is 0 Å². The van der Waals surface area contributed by atoms with Crippen LogP contribution >= 0.6 is 11.6 Å². The molecule has 0 atom stereocenters. The van der Waals surface area contributed by atoms with Crippen molar-refractivity contribution in [1.29, 1.82) is 5.26 Å². The van der Waals surface area contributed by atoms with Gasteiger partial charge in [0, 0.05) is 31.4 Å². The van der Waals surface area contributed by atoms with Crippen molar-refractivity contribution in [1.82, 2.24) is 14.7 Å². The number of carbonyl (C=O) groups excluding carboxylic acids is 1. The molecule has 12 heteroatoms. The highest BCUT2D eigenvalue weighted by molar-refractivity contribution is 6.35. The van der Waals surface area contributed by atoms with E-state index in [2.05, 4.69) is 10.3 Å². The quantitative estimate of drug-likeness (QED) is 0.540. The average molecular weight is 507 g/mol. The highest BCUT2D eigenvalue weighted by Gasteiger charge is 2.41. The van der Waals surface area contributed by atoms with Crippen molar-refractivity contribution in [3.63, 3.8) is 0 Å². The molecule has 1 aliphatic rings. The Morgan fingerprint density at radius 3 is 2.50 bits per heavy atom. The molecule has 0 spiro atoms. The van der Waals surface area contributed by atoms with Crippen LogP contribution in [0.3, 0.4) is 0 Å². The van der Waals surface area contributed by atoms with Gasteiger partial charge in [0.15, 0.2) is 5.69 Å². The molecule has 34 heavy (non-hydrogen) atoms. The predicted molar refractivity (Wildman–Crippen MR) is 114 cm³/mol. The molecule has 186 valence electrons. The number of fused-ring (bicyclic) bond motifs is 1. The number of halogens is 6. The number of nitrogens with zero attached hydrogens (tertiary/aromatic N) is 3. The van der Waals surface area contributed by atoms with Gasteiger partial charge in [-0.25, -0.2) is 13.8 Å². The molecule has 3 rings (SSSR count). The fourth-order valence-corrected chi connectivity index (χ4v) is 4.23. The highest BCUT2D eigenvalue weighted by atomic mass is 35.5. The molecule has 1 aliphatic carbocycles. The minimum Gasteiger partial charge on any atom is -0.396 e. The first-order valence-corrected chi connectivity index (χ1v) is 11.0. The smallest absolute Gasteiger partial charge is 0.396 e. The molecule has 0 radical (unpaired) electrons. The molecule has 1 saturated carbocycles. The van der Waals surface area contributed by atoms with Gasteiger partial charge in [-0.05, 0) is 31.2 Å². The number of aromatic nitrogens is 2. The summed E-state index contributed by atoms with van der Waals surface area (Å²) in [6.07, 6.45) is -5.85. The summed E-state index contributed by atoms with van der Waals surface area (Å²) in [6, 6.07) is 2.82. The van der Waals surface area contributed by atoms with E-state index in [9.17, 15) is 37.1 Å². The maximum absolute atomic E-state index is 13.8. The maximum atomic E-state index is 13.8. The normalized spacial score (nSPS) is 17.1. The second kappa shape index (κ2) is 9.30. The van der Waals surface area contributed by atoms with Gasteiger partial charge in [-0.2, -0.15) is 18.4 Å². The van der Waals surface area contributed by atoms with Gasteiger partial charge < -0.3 is 10.4 Å². The van der Waals surface area contributed by atoms with Gasteiger partial charge in [-0.15, -0.1) is 0 Å². The molecule has 0 bridgehead atoms. The molecule has 2 N–H and O–H groups in total. The third kappa shape index (κ3) is 5.44. The van der Waals surface area contributed by atoms with E-state index in [1.807, 2.05) is 0 Å². The van der Waals surface area contributed by atoms with Crippen molar-refractivity contribution in [3.8, 4) is 6.07 Å². The number of nitriles is 1. The van der Waals surface area contributed by atoms with E-state index in [4.69, 9.17) is 11.6 Å². The Morgan fingerprint density at radius 2 is 1.97 bits per heavy atom. The van der Waals surface area contributed by atoms with Crippen LogP contribution in [0.4, 0.5) is 22.0 Å². The number of nitrogens with one attached hydrogen (secondary N) is 1. The Bertz CT molecular complexity index is 1130. The molecule has 2 aromatic heterocycles. The molecule has 0 unspecified atom stereocenters. The number of alkyl halides is 5. The van der Waals surface area contributed by atoms with Crippen LogP contribution in [0.5, 0.6) is 0 Å². The van der Waals surface area contributed by atoms with Crippen molar-refractivity contribution in [2.75, 3.05) is 13.2 Å². The summed E-state index contributed by atoms with van der Waals surface area (Å²) < 4.78 is 69.5. The largest absolute Gasteiger partial charge is 0.435 e. The number of imidazole rings is 1. The van der Waals surface area contributed by atoms with Crippen LogP contribution in [0.25, 0.3) is 5.65 Å². The van der Waals surface area contributed by atoms with Crippen LogP contribution in [-0.4, -0.2) is 39.5 Å². The average Bonchev–Trinajstić information content (AvgIpc) is 3.11. The Morgan fingerprint density at radius 1 is 1.35 bits per heavy atom. The standard InChI is InChI=1S/C22H24ClF5N4O2/c1-20(2,11-33)10-30-19(34)13-8-16-31-18(22(26,27)28)14(32(16)15(9-29)17(13)23)7-12-3-5-21(24,25)6-4-12/h8,12,33H,3-7,10-11H2,1-2H3,(H,30,34). The number of hydrogen-bond acceptors (Lipinski definition) is 4. The first-order valence-electron chi connectivity index (χ1n) is 10.7. The second-order valence-electron chi connectivity index (χ2n) is 9.44. The predicted octanol–water partition coefficient (Wildman–Crippen LogP) is 4.99. The Labute approximate surface area is 197 Å². The minimum atomic E-state index is -4.87. The van der Waals surface area contributed by atoms with Gasteiger partial charge in [0.1, 0.15) is 17.4 Å². The number of aliphatic hydroxyl groups excluding tert-OH is 1. The highest BCUT2D eigenvalue weighted by Crippen LogP contribution is 2.40. The van der Waals surface area contributed by atoms with E-state index in [1.54, 1.807) is 19.9 Å². The maximum Gasteiger partial charge on any atom is 0.435 e. The lowest BCUT2D eigenvalue weighted by molar-refractivity contribution is -0.141. The molecule has 0 aliphatic heterocycles. The van der Waals surface area contributed by atoms with Gasteiger partial charge in [0.2, 0.25) is 5.92 Å². The topological polar surface area (TPSA) is 90.4 Å². The van der Waals surface area contributed by atoms with Crippen molar-refractivity contribution < 1.29 is 31.9 Å². The first-order chi connectivity index (χ1) is 15.7. The second-order valence-corrected chi connectivity index (χ2v) is 9.82. The molecule has 2 aromatic rings. The third-order valence-corrected chi connectivity index (χ3v) is 6.42. The SMILES string of the molecule is CC(C)(CO)CNC(=O)c1cc2nc(C(F)(F)F)c(CC3CCC(F)(F)CC3)n2c(C#N)c1Cl. The van der Waals surface area contributed by atoms with E-state index in [1.165, 1.54) is 0 Å². The summed E-state index contributed by atoms with van der Waals surface area (Å²) >= 11 is 6.28. The van der Waals surface area contributed by atoms with Crippen LogP contribution in [-0.2, 0) is 12.6 Å². The Kier molecular flexibility index (Phi) is 7.16. The zero-order valence-electron chi connectivity index (χ0n) is 18.6. The lowest BCUT2D eigenvalue weighted by Gasteiger charge is -2.28. The summed E-state index contributed by atoms with van der Waals surface area (Å²) in [6.45, 7) is 3.20. The number of hydrogen-bond donors (Lipinski definition) is 2. The van der Waals surface area contributed by atoms with E-state index in [0.717, 1.165) is 10.5 Å². The molecular formula is C22H24ClF5N4O2. The van der Waals surface area contributed by atoms with Crippen LogP contribution in [0.2, 0.25) is 5.02 Å². The third-order valence-electron chi connectivity index (χ3n) is 6.03. The number of rotatable bonds is 6. The van der Waals surface area contributed by atoms with Crippen molar-refractivity contribution in [3.05, 3.63) is 33.7 Å². The molecule has 1 amide bonds. The van der Waals surface area contributed by atoms with E-state index < -0.39 is 53.6 Å². The van der Waals surface area contributed by atoms with Crippen molar-refractivity contribution in [2.45, 2.75) is 58.1 Å². The van der Waals surface area contributed by atoms with Gasteiger partial charge in [0.05, 0.1) is 16.3 Å². The molecule has 0 aromatic carbocycles. The molecule has 2 heterocycles. The lowest BCUT2D eigenvalue weighted by Crippen LogP contribution is -2.36. The summed E-state index contributed by atoms with van der Waals surface area (Å²) in [5, 5.41) is 21.2. The van der Waals surface area contributed by atoms with Gasteiger partial charge in [-0.3, -0.25) is 9.20 Å². The van der Waals surface area contributed by atoms with Crippen LogP contribution in [0, 0.1) is 22.7 Å². The number of amides is 1. The fourth-order valence-electron chi connectivity index (χ4n) is 3.97. The molecular weight excluding hydrogens is 483 g/mol. The summed E-state index contributed by atoms with van der Waals surface area (Å²) in [7, 11) is 0. The van der Waals surface area contributed by atoms with Crippen molar-refractivity contribution >= 4 is 23.2 Å². The fraction of sp³-hybridized carbons (Fsp3) is 0.591. The number of aliphatic hydroxyl groups is 1. The number of carbonyl (C=O) groups is 1. The Hall–Kier alpha value is -2.45. The summed E-state index contributed by atoms with van der Waals surface area (Å²) in [5.41, 5.74) is -3.17. The van der Waals surface area contributed by atoms with Gasteiger partial charge in [-0.1, -0.05) is 25.4 Å². The van der Waals surface area contributed by atoms with Crippen LogP contribution in [0.15, 0.2) is 6.07 Å². The van der Waals surface area contributed by atoms with Gasteiger partial charge >= 0.3 is 6.18 Å². The van der Waals surface area contributed by atoms with E-state index in [0.29, 0.717) is 0 Å². The molecule has 1 fully saturated rings. The van der Waals surface area contributed by atoms with Crippen molar-refractivity contribution in [2.24, 2.45) is 11.3 Å². The summed E-state index contributed by atoms with van der Waals surface area (Å²) in [4.78, 5) is 16.3. The zero-order chi connectivity index (χ0) is 25.5. The van der Waals surface area contributed by atoms with Crippen LogP contribution in [0.1, 0.15) is 67.0 Å². The number of pyridine rings is 1. The van der Waals surface area contributed by atoms with Crippen LogP contribution < -0.4 is 5.32 Å². The first kappa shape index (κ1) is 26.2. The minimum absolute atomic E-state index is 0.0360. The molecule has 6 nitrogen and oxygen atoms in total. The monoisotopic (exact) mass is 506 g/mol. The van der Waals surface area contributed by atoms with Gasteiger partial charge in [0.25, 0.3) is 5.91 Å². The molecule has 0 saturated heterocycles. The zero-order valence-corrected chi connectivity index (χ0v) is 19.3. The lowest BCUT2D eigenvalue weighted by atomic mass is 9.83. The van der Waals surface area contributed by atoms with E-state index in [-0.39, 0.29) is 54.3 Å². The summed E-state index contributed by atoms with van der Waals surface area (Å²) in [5.74, 6) is -4.02. The Balaban J connectivity index is 2.07.